The molecule has 0 radical (unpaired) electrons. The van der Waals surface area contributed by atoms with Gasteiger partial charge in [0.2, 0.25) is 10.0 Å². The zero-order valence-electron chi connectivity index (χ0n) is 13.0. The highest BCUT2D eigenvalue weighted by atomic mass is 35.5. The van der Waals surface area contributed by atoms with Crippen molar-refractivity contribution < 1.29 is 8.42 Å². The van der Waals surface area contributed by atoms with Gasteiger partial charge < -0.3 is 0 Å². The summed E-state index contributed by atoms with van der Waals surface area (Å²) in [7, 11) is -3.45. The Kier molecular flexibility index (Phi) is 5.47. The van der Waals surface area contributed by atoms with Crippen LogP contribution in [0.3, 0.4) is 0 Å². The van der Waals surface area contributed by atoms with Gasteiger partial charge in [0.05, 0.1) is 4.90 Å². The van der Waals surface area contributed by atoms with Crippen LogP contribution in [-0.2, 0) is 16.6 Å². The number of hydrogen-bond donors (Lipinski definition) is 0. The predicted molar refractivity (Wildman–Crippen MR) is 96.9 cm³/mol. The van der Waals surface area contributed by atoms with Crippen LogP contribution < -0.4 is 0 Å². The summed E-state index contributed by atoms with van der Waals surface area (Å²) in [6, 6.07) is 14.1. The Morgan fingerprint density at radius 3 is 2.17 bits per heavy atom. The van der Waals surface area contributed by atoms with Crippen LogP contribution in [0.1, 0.15) is 5.56 Å². The minimum absolute atomic E-state index is 0.287. The third-order valence-corrected chi connectivity index (χ3v) is 6.48. The smallest absolute Gasteiger partial charge is 0.243 e. The van der Waals surface area contributed by atoms with Crippen molar-refractivity contribution >= 4 is 33.2 Å². The monoisotopic (exact) mass is 384 g/mol. The van der Waals surface area contributed by atoms with Crippen molar-refractivity contribution in [1.82, 2.24) is 9.21 Å². The molecule has 2 aromatic rings. The van der Waals surface area contributed by atoms with Crippen LogP contribution in [0.25, 0.3) is 0 Å². The van der Waals surface area contributed by atoms with Crippen molar-refractivity contribution in [2.24, 2.45) is 0 Å². The molecule has 0 N–H and O–H groups in total. The number of piperazine rings is 1. The molecule has 1 saturated heterocycles. The molecule has 7 heteroatoms. The van der Waals surface area contributed by atoms with Gasteiger partial charge in [-0.25, -0.2) is 8.42 Å². The van der Waals surface area contributed by atoms with E-state index in [1.807, 2.05) is 24.3 Å². The molecule has 0 spiro atoms. The molecule has 24 heavy (non-hydrogen) atoms. The largest absolute Gasteiger partial charge is 0.296 e. The number of benzene rings is 2. The summed E-state index contributed by atoms with van der Waals surface area (Å²) in [6.45, 7) is 3.12. The van der Waals surface area contributed by atoms with Gasteiger partial charge in [-0.05, 0) is 42.0 Å². The number of halogens is 2. The second-order valence-corrected chi connectivity index (χ2v) is 8.57. The molecule has 0 bridgehead atoms. The van der Waals surface area contributed by atoms with Gasteiger partial charge in [-0.1, -0.05) is 35.3 Å². The number of rotatable bonds is 4. The summed E-state index contributed by atoms with van der Waals surface area (Å²) in [5.74, 6) is 0. The first-order valence-corrected chi connectivity index (χ1v) is 9.87. The topological polar surface area (TPSA) is 40.6 Å². The van der Waals surface area contributed by atoms with Gasteiger partial charge in [0.25, 0.3) is 0 Å². The van der Waals surface area contributed by atoms with Crippen LogP contribution >= 0.6 is 23.2 Å². The number of nitrogens with zero attached hydrogens (tertiary/aromatic N) is 2. The minimum Gasteiger partial charge on any atom is -0.296 e. The highest BCUT2D eigenvalue weighted by Gasteiger charge is 2.28. The molecule has 4 nitrogen and oxygen atoms in total. The summed E-state index contributed by atoms with van der Waals surface area (Å²) in [5.41, 5.74) is 1.14. The third kappa shape index (κ3) is 4.10. The first kappa shape index (κ1) is 17.7. The molecule has 0 amide bonds. The first-order valence-electron chi connectivity index (χ1n) is 7.68. The number of hydrogen-bond acceptors (Lipinski definition) is 3. The lowest BCUT2D eigenvalue weighted by Crippen LogP contribution is -2.48. The first-order chi connectivity index (χ1) is 11.4. The van der Waals surface area contributed by atoms with E-state index in [-0.39, 0.29) is 4.90 Å². The lowest BCUT2D eigenvalue weighted by Gasteiger charge is -2.34. The maximum Gasteiger partial charge on any atom is 0.243 e. The Morgan fingerprint density at radius 1 is 0.875 bits per heavy atom. The fourth-order valence-corrected chi connectivity index (χ4v) is 4.54. The van der Waals surface area contributed by atoms with E-state index in [0.29, 0.717) is 31.2 Å². The second-order valence-electron chi connectivity index (χ2n) is 5.76. The molecular formula is C17H18Cl2N2O2S. The SMILES string of the molecule is O=S(=O)(c1ccc(Cl)cc1)N1CCN(Cc2cccc(Cl)c2)CC1. The van der Waals surface area contributed by atoms with Crippen molar-refractivity contribution in [3.63, 3.8) is 0 Å². The molecule has 1 aliphatic heterocycles. The van der Waals surface area contributed by atoms with E-state index < -0.39 is 10.0 Å². The van der Waals surface area contributed by atoms with Crippen LogP contribution in [0.4, 0.5) is 0 Å². The summed E-state index contributed by atoms with van der Waals surface area (Å²) in [4.78, 5) is 2.52. The van der Waals surface area contributed by atoms with Gasteiger partial charge in [0, 0.05) is 42.8 Å². The quantitative estimate of drug-likeness (QED) is 0.809. The van der Waals surface area contributed by atoms with E-state index in [0.717, 1.165) is 17.1 Å². The van der Waals surface area contributed by atoms with Gasteiger partial charge >= 0.3 is 0 Å². The average Bonchev–Trinajstić information content (AvgIpc) is 2.56. The lowest BCUT2D eigenvalue weighted by atomic mass is 10.2. The van der Waals surface area contributed by atoms with Gasteiger partial charge in [-0.2, -0.15) is 4.31 Å². The molecule has 2 aromatic carbocycles. The third-order valence-electron chi connectivity index (χ3n) is 4.08. The second kappa shape index (κ2) is 7.42. The molecule has 0 aliphatic carbocycles. The zero-order valence-corrected chi connectivity index (χ0v) is 15.4. The summed E-state index contributed by atoms with van der Waals surface area (Å²) >= 11 is 11.8. The van der Waals surface area contributed by atoms with Gasteiger partial charge in [-0.15, -0.1) is 0 Å². The van der Waals surface area contributed by atoms with Crippen molar-refractivity contribution in [1.29, 1.82) is 0 Å². The van der Waals surface area contributed by atoms with Crippen LogP contribution in [0.2, 0.25) is 10.0 Å². The Bertz CT molecular complexity index is 802. The fourth-order valence-electron chi connectivity index (χ4n) is 2.78. The van der Waals surface area contributed by atoms with Crippen molar-refractivity contribution in [2.45, 2.75) is 11.4 Å². The van der Waals surface area contributed by atoms with E-state index in [4.69, 9.17) is 23.2 Å². The molecule has 1 fully saturated rings. The van der Waals surface area contributed by atoms with Gasteiger partial charge in [0.1, 0.15) is 0 Å². The normalized spacial score (nSPS) is 17.1. The molecule has 1 heterocycles. The maximum atomic E-state index is 12.7. The van der Waals surface area contributed by atoms with E-state index >= 15 is 0 Å². The summed E-state index contributed by atoms with van der Waals surface area (Å²) in [6.07, 6.45) is 0. The van der Waals surface area contributed by atoms with Crippen LogP contribution in [-0.4, -0.2) is 43.8 Å². The van der Waals surface area contributed by atoms with E-state index in [2.05, 4.69) is 4.90 Å². The molecule has 0 saturated carbocycles. The molecule has 0 aromatic heterocycles. The molecule has 1 aliphatic rings. The molecule has 0 atom stereocenters. The minimum atomic E-state index is -3.45. The van der Waals surface area contributed by atoms with E-state index in [9.17, 15) is 8.42 Å². The standard InChI is InChI=1S/C17H18Cl2N2O2S/c18-15-4-6-17(7-5-15)24(22,23)21-10-8-20(9-11-21)13-14-2-1-3-16(19)12-14/h1-7,12H,8-11,13H2. The molecule has 0 unspecified atom stereocenters. The van der Waals surface area contributed by atoms with Gasteiger partial charge in [-0.3, -0.25) is 4.90 Å². The summed E-state index contributed by atoms with van der Waals surface area (Å²) < 4.78 is 26.8. The van der Waals surface area contributed by atoms with Crippen LogP contribution in [0.5, 0.6) is 0 Å². The van der Waals surface area contributed by atoms with Crippen LogP contribution in [0, 0.1) is 0 Å². The number of sulfonamides is 1. The van der Waals surface area contributed by atoms with Gasteiger partial charge in [0.15, 0.2) is 0 Å². The van der Waals surface area contributed by atoms with Crippen LogP contribution in [0.15, 0.2) is 53.4 Å². The summed E-state index contributed by atoms with van der Waals surface area (Å²) in [5, 5.41) is 1.25. The Morgan fingerprint density at radius 2 is 1.54 bits per heavy atom. The molecule has 3 rings (SSSR count). The fraction of sp³-hybridized carbons (Fsp3) is 0.294. The Balaban J connectivity index is 1.63. The maximum absolute atomic E-state index is 12.7. The average molecular weight is 385 g/mol. The zero-order chi connectivity index (χ0) is 17.2. The molecule has 128 valence electrons. The Labute approximate surface area is 152 Å². The molecular weight excluding hydrogens is 367 g/mol. The predicted octanol–water partition coefficient (Wildman–Crippen LogP) is 3.50. The Hall–Kier alpha value is -1.11. The van der Waals surface area contributed by atoms with Crippen molar-refractivity contribution in [2.75, 3.05) is 26.2 Å². The van der Waals surface area contributed by atoms with E-state index in [1.54, 1.807) is 24.3 Å². The van der Waals surface area contributed by atoms with E-state index in [1.165, 1.54) is 4.31 Å². The lowest BCUT2D eigenvalue weighted by molar-refractivity contribution is 0.181. The van der Waals surface area contributed by atoms with Crippen molar-refractivity contribution in [3.05, 3.63) is 64.1 Å². The highest BCUT2D eigenvalue weighted by Crippen LogP contribution is 2.21. The van der Waals surface area contributed by atoms with Crippen molar-refractivity contribution in [3.8, 4) is 0 Å². The highest BCUT2D eigenvalue weighted by molar-refractivity contribution is 7.89.